The molecule has 1 nitrogen and oxygen atoms in total. The highest BCUT2D eigenvalue weighted by molar-refractivity contribution is 6.44. The monoisotopic (exact) mass is 282 g/mol. The SMILES string of the molecule is CC(C)(C)c1ccc(OC(F)(F)C(Cl)Cl)cc1. The molecular weight excluding hydrogens is 269 g/mol. The maximum atomic E-state index is 13.1. The molecule has 17 heavy (non-hydrogen) atoms. The summed E-state index contributed by atoms with van der Waals surface area (Å²) >= 11 is 10.2. The van der Waals surface area contributed by atoms with Crippen molar-refractivity contribution in [3.05, 3.63) is 29.8 Å². The molecule has 1 rings (SSSR count). The largest absolute Gasteiger partial charge is 0.431 e. The van der Waals surface area contributed by atoms with E-state index in [1.165, 1.54) is 12.1 Å². The molecule has 0 fully saturated rings. The van der Waals surface area contributed by atoms with Crippen LogP contribution in [0.5, 0.6) is 5.75 Å². The summed E-state index contributed by atoms with van der Waals surface area (Å²) in [5, 5.41) is 0. The molecule has 0 N–H and O–H groups in total. The molecule has 0 spiro atoms. The van der Waals surface area contributed by atoms with Crippen LogP contribution in [0.2, 0.25) is 0 Å². The van der Waals surface area contributed by atoms with E-state index in [0.717, 1.165) is 5.56 Å². The van der Waals surface area contributed by atoms with Crippen molar-refractivity contribution in [1.82, 2.24) is 0 Å². The lowest BCUT2D eigenvalue weighted by atomic mass is 9.87. The third kappa shape index (κ3) is 4.00. The van der Waals surface area contributed by atoms with Crippen molar-refractivity contribution < 1.29 is 13.5 Å². The number of rotatable bonds is 3. The van der Waals surface area contributed by atoms with E-state index in [1.807, 2.05) is 20.8 Å². The zero-order valence-electron chi connectivity index (χ0n) is 9.81. The second-order valence-corrected chi connectivity index (χ2v) is 5.84. The number of hydrogen-bond donors (Lipinski definition) is 0. The van der Waals surface area contributed by atoms with Crippen LogP contribution >= 0.6 is 23.2 Å². The third-order valence-corrected chi connectivity index (χ3v) is 2.74. The molecule has 1 aromatic rings. The first-order chi connectivity index (χ1) is 7.63. The van der Waals surface area contributed by atoms with E-state index in [1.54, 1.807) is 12.1 Å². The quantitative estimate of drug-likeness (QED) is 0.727. The Bertz CT molecular complexity index is 369. The average Bonchev–Trinajstić information content (AvgIpc) is 2.16. The minimum atomic E-state index is -3.59. The van der Waals surface area contributed by atoms with Crippen LogP contribution in [0.25, 0.3) is 0 Å². The molecule has 0 aliphatic carbocycles. The minimum absolute atomic E-state index is 0.0364. The summed E-state index contributed by atoms with van der Waals surface area (Å²) in [6.45, 7) is 6.10. The third-order valence-electron chi connectivity index (χ3n) is 2.23. The molecule has 0 aliphatic rings. The Kier molecular flexibility index (Phi) is 4.26. The highest BCUT2D eigenvalue weighted by Crippen LogP contribution is 2.31. The van der Waals surface area contributed by atoms with Crippen molar-refractivity contribution in [3.63, 3.8) is 0 Å². The predicted molar refractivity (Wildman–Crippen MR) is 66.2 cm³/mol. The second kappa shape index (κ2) is 4.99. The molecule has 1 aromatic carbocycles. The van der Waals surface area contributed by atoms with Gasteiger partial charge in [0.2, 0.25) is 4.84 Å². The van der Waals surface area contributed by atoms with E-state index in [2.05, 4.69) is 4.74 Å². The van der Waals surface area contributed by atoms with Crippen molar-refractivity contribution in [2.24, 2.45) is 0 Å². The van der Waals surface area contributed by atoms with Gasteiger partial charge in [0.25, 0.3) is 0 Å². The number of ether oxygens (including phenoxy) is 1. The molecule has 0 saturated carbocycles. The molecule has 0 aliphatic heterocycles. The Labute approximate surface area is 110 Å². The maximum Gasteiger partial charge on any atom is 0.428 e. The summed E-state index contributed by atoms with van der Waals surface area (Å²) in [4.78, 5) is -1.90. The van der Waals surface area contributed by atoms with Gasteiger partial charge >= 0.3 is 6.11 Å². The summed E-state index contributed by atoms with van der Waals surface area (Å²) in [5.41, 5.74) is 0.990. The van der Waals surface area contributed by atoms with Crippen molar-refractivity contribution >= 4 is 23.2 Å². The molecule has 96 valence electrons. The van der Waals surface area contributed by atoms with Crippen LogP contribution in [0.4, 0.5) is 8.78 Å². The van der Waals surface area contributed by atoms with E-state index >= 15 is 0 Å². The normalized spacial score (nSPS) is 12.9. The Morgan fingerprint density at radius 2 is 1.53 bits per heavy atom. The van der Waals surface area contributed by atoms with Crippen LogP contribution in [-0.2, 0) is 5.41 Å². The number of alkyl halides is 4. The second-order valence-electron chi connectivity index (χ2n) is 4.74. The molecular formula is C12H14Cl2F2O. The van der Waals surface area contributed by atoms with Crippen LogP contribution in [-0.4, -0.2) is 10.9 Å². The molecule has 5 heteroatoms. The van der Waals surface area contributed by atoms with Gasteiger partial charge in [0.15, 0.2) is 0 Å². The van der Waals surface area contributed by atoms with Crippen molar-refractivity contribution in [2.75, 3.05) is 0 Å². The van der Waals surface area contributed by atoms with Gasteiger partial charge in [0, 0.05) is 0 Å². The fourth-order valence-corrected chi connectivity index (χ4v) is 1.31. The summed E-state index contributed by atoms with van der Waals surface area (Å²) in [5.74, 6) is 0.0364. The molecule has 0 amide bonds. The van der Waals surface area contributed by atoms with Gasteiger partial charge in [-0.1, -0.05) is 56.1 Å². The Balaban J connectivity index is 2.83. The zero-order chi connectivity index (χ0) is 13.3. The summed E-state index contributed by atoms with van der Waals surface area (Å²) < 4.78 is 30.6. The molecule has 0 unspecified atom stereocenters. The Morgan fingerprint density at radius 3 is 1.88 bits per heavy atom. The van der Waals surface area contributed by atoms with Crippen LogP contribution in [0.3, 0.4) is 0 Å². The maximum absolute atomic E-state index is 13.1. The lowest BCUT2D eigenvalue weighted by molar-refractivity contribution is -0.163. The zero-order valence-corrected chi connectivity index (χ0v) is 11.3. The van der Waals surface area contributed by atoms with E-state index in [4.69, 9.17) is 23.2 Å². The Morgan fingerprint density at radius 1 is 1.06 bits per heavy atom. The molecule has 0 radical (unpaired) electrons. The van der Waals surface area contributed by atoms with Crippen molar-refractivity contribution in [1.29, 1.82) is 0 Å². The highest BCUT2D eigenvalue weighted by atomic mass is 35.5. The molecule has 0 heterocycles. The summed E-state index contributed by atoms with van der Waals surface area (Å²) in [6, 6.07) is 6.43. The fourth-order valence-electron chi connectivity index (χ4n) is 1.22. The highest BCUT2D eigenvalue weighted by Gasteiger charge is 2.40. The lowest BCUT2D eigenvalue weighted by Gasteiger charge is -2.21. The first kappa shape index (κ1) is 14.5. The van der Waals surface area contributed by atoms with E-state index in [9.17, 15) is 8.78 Å². The first-order valence-electron chi connectivity index (χ1n) is 5.08. The predicted octanol–water partition coefficient (Wildman–Crippen LogP) is 4.76. The van der Waals surface area contributed by atoms with E-state index in [0.29, 0.717) is 0 Å². The van der Waals surface area contributed by atoms with Gasteiger partial charge in [-0.2, -0.15) is 8.78 Å². The molecule has 0 atom stereocenters. The van der Waals surface area contributed by atoms with Gasteiger partial charge in [-0.25, -0.2) is 0 Å². The summed E-state index contributed by atoms with van der Waals surface area (Å²) in [6.07, 6.45) is -3.59. The van der Waals surface area contributed by atoms with E-state index in [-0.39, 0.29) is 11.2 Å². The van der Waals surface area contributed by atoms with E-state index < -0.39 is 10.9 Å². The van der Waals surface area contributed by atoms with Crippen molar-refractivity contribution in [3.8, 4) is 5.75 Å². The van der Waals surface area contributed by atoms with Gasteiger partial charge in [-0.3, -0.25) is 0 Å². The van der Waals surface area contributed by atoms with Gasteiger partial charge in [-0.15, -0.1) is 0 Å². The standard InChI is InChI=1S/C12H14Cl2F2O/c1-11(2,3)8-4-6-9(7-5-8)17-12(15,16)10(13)14/h4-7,10H,1-3H3. The van der Waals surface area contributed by atoms with Crippen LogP contribution in [0.1, 0.15) is 26.3 Å². The first-order valence-corrected chi connectivity index (χ1v) is 5.96. The average molecular weight is 283 g/mol. The lowest BCUT2D eigenvalue weighted by Crippen LogP contribution is -2.32. The molecule has 0 saturated heterocycles. The molecule has 0 bridgehead atoms. The minimum Gasteiger partial charge on any atom is -0.431 e. The van der Waals surface area contributed by atoms with Crippen LogP contribution in [0, 0.1) is 0 Å². The number of hydrogen-bond acceptors (Lipinski definition) is 1. The van der Waals surface area contributed by atoms with Crippen molar-refractivity contribution in [2.45, 2.75) is 37.1 Å². The van der Waals surface area contributed by atoms with Gasteiger partial charge in [-0.05, 0) is 23.1 Å². The van der Waals surface area contributed by atoms with Gasteiger partial charge in [0.05, 0.1) is 0 Å². The Hall–Kier alpha value is -0.540. The smallest absolute Gasteiger partial charge is 0.428 e. The summed E-state index contributed by atoms with van der Waals surface area (Å²) in [7, 11) is 0. The number of benzene rings is 1. The fraction of sp³-hybridized carbons (Fsp3) is 0.500. The number of halogens is 4. The van der Waals surface area contributed by atoms with Gasteiger partial charge < -0.3 is 4.74 Å². The molecule has 0 aromatic heterocycles. The van der Waals surface area contributed by atoms with Crippen LogP contribution < -0.4 is 4.74 Å². The van der Waals surface area contributed by atoms with Gasteiger partial charge in [0.1, 0.15) is 5.75 Å². The van der Waals surface area contributed by atoms with Crippen LogP contribution in [0.15, 0.2) is 24.3 Å². The topological polar surface area (TPSA) is 9.23 Å².